The van der Waals surface area contributed by atoms with Gasteiger partial charge in [0.1, 0.15) is 22.9 Å². The molecule has 27 heteroatoms. The van der Waals surface area contributed by atoms with Crippen LogP contribution in [0.1, 0.15) is 93.6 Å². The van der Waals surface area contributed by atoms with Crippen molar-refractivity contribution in [1.82, 2.24) is 19.6 Å². The summed E-state index contributed by atoms with van der Waals surface area (Å²) >= 11 is 4.74. The molecule has 0 aliphatic carbocycles. The number of carbonyl (C=O) groups is 4. The molecule has 336 valence electrons. The fraction of sp³-hybridized carbons (Fsp3) is 0.353. The minimum absolute atomic E-state index is 0. The van der Waals surface area contributed by atoms with Gasteiger partial charge in [-0.25, -0.2) is 8.42 Å². The molecule has 2 heterocycles. The molecule has 4 amide bonds. The summed E-state index contributed by atoms with van der Waals surface area (Å²) in [5, 5.41) is 13.9. The number of para-hydroxylation sites is 1. The van der Waals surface area contributed by atoms with Gasteiger partial charge in [0.15, 0.2) is 0 Å². The number of rotatable bonds is 15. The van der Waals surface area contributed by atoms with Gasteiger partial charge in [-0.3, -0.25) is 33.1 Å². The summed E-state index contributed by atoms with van der Waals surface area (Å²) in [5.74, 6) is -1.79. The summed E-state index contributed by atoms with van der Waals surface area (Å²) in [7, 11) is 5.00. The van der Waals surface area contributed by atoms with E-state index < -0.39 is 36.1 Å². The topological polar surface area (TPSA) is 287 Å². The number of benzene rings is 2. The first kappa shape index (κ1) is 58.4. The van der Waals surface area contributed by atoms with Crippen LogP contribution in [0.25, 0.3) is 0 Å². The molecule has 7 N–H and O–H groups in total. The Morgan fingerprint density at radius 3 is 1.49 bits per heavy atom. The Balaban J connectivity index is 0.000000996. The minimum Gasteiger partial charge on any atom is 0 e. The third-order valence-corrected chi connectivity index (χ3v) is 8.72. The van der Waals surface area contributed by atoms with E-state index in [4.69, 9.17) is 44.6 Å². The molecule has 0 aliphatic rings. The summed E-state index contributed by atoms with van der Waals surface area (Å²) in [4.78, 5) is 48.9. The summed E-state index contributed by atoms with van der Waals surface area (Å²) in [5.41, 5.74) is 13.1. The summed E-state index contributed by atoms with van der Waals surface area (Å²) in [6, 6.07) is 10.6. The van der Waals surface area contributed by atoms with E-state index in [2.05, 4.69) is 71.5 Å². The zero-order chi connectivity index (χ0) is 46.0. The Hall–Kier alpha value is -2.59. The molecule has 0 saturated carbocycles. The fourth-order valence-corrected chi connectivity index (χ4v) is 6.00. The van der Waals surface area contributed by atoms with Gasteiger partial charge in [0.05, 0.1) is 52.0 Å². The molecule has 0 bridgehead atoms. The van der Waals surface area contributed by atoms with Gasteiger partial charge in [-0.05, 0) is 57.0 Å². The molecule has 0 aliphatic heterocycles. The summed E-state index contributed by atoms with van der Waals surface area (Å²) in [6.45, 7) is 8.19. The van der Waals surface area contributed by atoms with Gasteiger partial charge in [0.2, 0.25) is 0 Å². The van der Waals surface area contributed by atoms with Gasteiger partial charge < -0.3 is 31.6 Å². The molecule has 0 atom stereocenters. The van der Waals surface area contributed by atoms with E-state index in [0.717, 1.165) is 18.9 Å². The Morgan fingerprint density at radius 2 is 1.13 bits per heavy atom. The normalized spacial score (nSPS) is 10.5. The van der Waals surface area contributed by atoms with E-state index in [-0.39, 0.29) is 64.4 Å². The summed E-state index contributed by atoms with van der Waals surface area (Å²) in [6.07, 6.45) is 2.69. The number of aryl methyl sites for hydroxylation is 4. The van der Waals surface area contributed by atoms with Crippen LogP contribution < -0.4 is 31.6 Å². The molecule has 0 unspecified atom stereocenters. The fourth-order valence-electron chi connectivity index (χ4n) is 5.23. The first-order valence-electron chi connectivity index (χ1n) is 17.4. The molecular formula is C34H44Cl2I2N8O11S2V2. The number of amides is 4. The van der Waals surface area contributed by atoms with Gasteiger partial charge in [0.25, 0.3) is 32.7 Å². The third-order valence-electron chi connectivity index (χ3n) is 7.37. The van der Waals surface area contributed by atoms with E-state index >= 15 is 0 Å². The molecule has 4 aromatic rings. The zero-order valence-electron chi connectivity index (χ0n) is 33.5. The maximum Gasteiger partial charge on any atom is 0 e. The number of carbonyl (C=O) groups excluding carboxylic acids is 4. The third kappa shape index (κ3) is 19.4. The molecule has 2 aromatic carbocycles. The van der Waals surface area contributed by atoms with E-state index in [0.29, 0.717) is 57.3 Å². The predicted octanol–water partition coefficient (Wildman–Crippen LogP) is 5.97. The number of aromatic nitrogens is 4. The molecular weight excluding hydrogens is 1190 g/mol. The van der Waals surface area contributed by atoms with Crippen LogP contribution in [0.5, 0.6) is 11.5 Å². The van der Waals surface area contributed by atoms with Crippen LogP contribution in [0.4, 0.5) is 11.4 Å². The molecule has 0 spiro atoms. The van der Waals surface area contributed by atoms with Crippen LogP contribution in [0.2, 0.25) is 0 Å². The van der Waals surface area contributed by atoms with E-state index in [1.807, 2.05) is 20.8 Å². The van der Waals surface area contributed by atoms with Crippen LogP contribution in [-0.4, -0.2) is 77.8 Å². The SMILES string of the molecule is CCCc1nn(C)c(C(N)=O)c1NC(=O)c1cc(S(=O)(=O)Cl)ccc1OCC.CCCc1nn(C)c(C(N)=O)c1NC(=O)c1ccccc1OCC.O=S(=O)(O)Cl.[I][V][I].[V]. The smallest absolute Gasteiger partial charge is 0 e. The van der Waals surface area contributed by atoms with Gasteiger partial charge in [-0.15, -0.1) is 0 Å². The van der Waals surface area contributed by atoms with E-state index in [1.54, 1.807) is 45.3 Å². The number of anilines is 2. The van der Waals surface area contributed by atoms with Crippen molar-refractivity contribution in [2.45, 2.75) is 58.3 Å². The largest absolute Gasteiger partial charge is 0 e. The Morgan fingerprint density at radius 1 is 0.754 bits per heavy atom. The van der Waals surface area contributed by atoms with Gasteiger partial charge in [-0.1, -0.05) is 38.8 Å². The summed E-state index contributed by atoms with van der Waals surface area (Å²) < 4.78 is 62.0. The maximum absolute atomic E-state index is 12.9. The number of hydrogen-bond acceptors (Lipinski definition) is 12. The standard InChI is InChI=1S/C17H21ClN4O5S.C17H22N4O3.ClHO3S.2HI.2V/c1-4-6-12-14(15(16(19)23)22(3)21-12)20-17(24)11-9-10(28(18,25)26)7-8-13(11)27-5-2;1-4-8-12-14(15(16(18)22)21(3)20-12)19-17(23)11-9-6-7-10-13(11)24-5-2;1-5(2,3)4;;;;/h7-9H,4-6H2,1-3H3,(H2,19,23)(H,20,24);6-7,9-10H,4-5,8H2,1-3H3,(H2,18,22)(H,19,23);(H,2,3,4);2*1H;;/q;;;;;;+2/p-2. The van der Waals surface area contributed by atoms with Crippen LogP contribution in [-0.2, 0) is 73.3 Å². The predicted molar refractivity (Wildman–Crippen MR) is 241 cm³/mol. The Bertz CT molecular complexity index is 2350. The number of primary amides is 2. The molecule has 0 fully saturated rings. The van der Waals surface area contributed by atoms with Crippen molar-refractivity contribution < 1.29 is 78.1 Å². The van der Waals surface area contributed by atoms with Crippen molar-refractivity contribution in [2.75, 3.05) is 23.8 Å². The van der Waals surface area contributed by atoms with Crippen molar-refractivity contribution in [2.24, 2.45) is 25.6 Å². The van der Waals surface area contributed by atoms with Crippen LogP contribution in [0.3, 0.4) is 0 Å². The maximum atomic E-state index is 12.9. The van der Waals surface area contributed by atoms with Crippen molar-refractivity contribution in [1.29, 1.82) is 0 Å². The second-order valence-electron chi connectivity index (χ2n) is 11.7. The molecule has 4 rings (SSSR count). The minimum atomic E-state index is -4.19. The van der Waals surface area contributed by atoms with Crippen LogP contribution >= 0.6 is 61.3 Å². The van der Waals surface area contributed by atoms with Gasteiger partial charge in [-0.2, -0.15) is 18.6 Å². The Labute approximate surface area is 403 Å². The number of nitrogens with zero attached hydrogens (tertiary/aromatic N) is 4. The number of nitrogens with one attached hydrogen (secondary N) is 2. The quantitative estimate of drug-likeness (QED) is 0.0522. The Kier molecular flexibility index (Phi) is 27.1. The van der Waals surface area contributed by atoms with Crippen LogP contribution in [0, 0.1) is 0 Å². The average Bonchev–Trinajstić information content (AvgIpc) is 3.62. The monoisotopic (exact) mass is 1230 g/mol. The first-order chi connectivity index (χ1) is 28.0. The van der Waals surface area contributed by atoms with E-state index in [1.165, 1.54) is 21.5 Å². The molecule has 19 nitrogen and oxygen atoms in total. The van der Waals surface area contributed by atoms with Crippen LogP contribution in [0.15, 0.2) is 47.4 Å². The number of ether oxygens (including phenoxy) is 2. The molecule has 1 radical (unpaired) electrons. The van der Waals surface area contributed by atoms with E-state index in [9.17, 15) is 27.6 Å². The molecule has 0 saturated heterocycles. The van der Waals surface area contributed by atoms with Crippen molar-refractivity contribution >= 4 is 115 Å². The second-order valence-corrected chi connectivity index (χ2v) is 28.0. The average molecular weight is 1230 g/mol. The number of halogens is 4. The number of hydrogen-bond donors (Lipinski definition) is 5. The van der Waals surface area contributed by atoms with Gasteiger partial charge in [0, 0.05) is 54.0 Å². The molecule has 61 heavy (non-hydrogen) atoms. The van der Waals surface area contributed by atoms with Crippen molar-refractivity contribution in [3.05, 3.63) is 76.4 Å². The molecule has 2 aromatic heterocycles. The number of nitrogens with two attached hydrogens (primary N) is 2. The van der Waals surface area contributed by atoms with Crippen molar-refractivity contribution in [3.8, 4) is 11.5 Å². The zero-order valence-corrected chi connectivity index (χ0v) is 43.7. The first-order valence-corrected chi connectivity index (χ1v) is 31.0. The second kappa shape index (κ2) is 28.3. The van der Waals surface area contributed by atoms with Crippen molar-refractivity contribution in [3.63, 3.8) is 0 Å². The van der Waals surface area contributed by atoms with Gasteiger partial charge >= 0.3 is 58.8 Å².